The smallest absolute Gasteiger partial charge is 0.306 e. The van der Waals surface area contributed by atoms with E-state index in [4.69, 9.17) is 5.11 Å². The van der Waals surface area contributed by atoms with Gasteiger partial charge in [0.05, 0.1) is 17.4 Å². The predicted molar refractivity (Wildman–Crippen MR) is 89.2 cm³/mol. The zero-order valence-corrected chi connectivity index (χ0v) is 13.8. The molecule has 1 aliphatic carbocycles. The lowest BCUT2D eigenvalue weighted by Gasteiger charge is -2.28. The van der Waals surface area contributed by atoms with Gasteiger partial charge in [0.1, 0.15) is 0 Å². The van der Waals surface area contributed by atoms with Crippen molar-refractivity contribution in [2.45, 2.75) is 38.1 Å². The minimum absolute atomic E-state index is 0.212. The first-order valence-corrected chi connectivity index (χ1v) is 9.66. The summed E-state index contributed by atoms with van der Waals surface area (Å²) < 4.78 is 25.5. The lowest BCUT2D eigenvalue weighted by Crippen LogP contribution is -2.29. The molecule has 1 aliphatic heterocycles. The lowest BCUT2D eigenvalue weighted by atomic mass is 9.86. The molecule has 1 heterocycles. The van der Waals surface area contributed by atoms with E-state index in [1.54, 1.807) is 0 Å². The van der Waals surface area contributed by atoms with Gasteiger partial charge in [-0.3, -0.25) is 9.10 Å². The summed E-state index contributed by atoms with van der Waals surface area (Å²) in [5.74, 6) is -0.719. The fourth-order valence-corrected chi connectivity index (χ4v) is 4.96. The van der Waals surface area contributed by atoms with Crippen molar-refractivity contribution in [1.29, 1.82) is 0 Å². The molecular formula is C16H22N2O4S. The van der Waals surface area contributed by atoms with Gasteiger partial charge in [0, 0.05) is 18.3 Å². The van der Waals surface area contributed by atoms with Gasteiger partial charge in [-0.2, -0.15) is 0 Å². The van der Waals surface area contributed by atoms with E-state index in [0.29, 0.717) is 31.5 Å². The molecule has 0 atom stereocenters. The fraction of sp³-hybridized carbons (Fsp3) is 0.562. The van der Waals surface area contributed by atoms with Gasteiger partial charge in [0.2, 0.25) is 10.0 Å². The molecule has 2 N–H and O–H groups in total. The van der Waals surface area contributed by atoms with Crippen LogP contribution in [0.5, 0.6) is 0 Å². The number of carboxylic acids is 1. The quantitative estimate of drug-likeness (QED) is 0.879. The van der Waals surface area contributed by atoms with Crippen LogP contribution < -0.4 is 9.62 Å². The number of anilines is 2. The Bertz CT molecular complexity index is 681. The molecule has 0 amide bonds. The summed E-state index contributed by atoms with van der Waals surface area (Å²) in [6.45, 7) is 0.537. The maximum absolute atomic E-state index is 12.0. The van der Waals surface area contributed by atoms with E-state index in [1.165, 1.54) is 4.31 Å². The summed E-state index contributed by atoms with van der Waals surface area (Å²) in [5, 5.41) is 12.5. The number of benzene rings is 1. The Balaban J connectivity index is 1.66. The van der Waals surface area contributed by atoms with Crippen LogP contribution in [0, 0.1) is 5.92 Å². The van der Waals surface area contributed by atoms with E-state index in [9.17, 15) is 13.2 Å². The highest BCUT2D eigenvalue weighted by Gasteiger charge is 2.29. The summed E-state index contributed by atoms with van der Waals surface area (Å²) in [4.78, 5) is 11.0. The highest BCUT2D eigenvalue weighted by atomic mass is 32.2. The van der Waals surface area contributed by atoms with Gasteiger partial charge in [-0.05, 0) is 50.3 Å². The average molecular weight is 338 g/mol. The lowest BCUT2D eigenvalue weighted by molar-refractivity contribution is -0.142. The molecule has 3 rings (SSSR count). The Morgan fingerprint density at radius 1 is 1.22 bits per heavy atom. The van der Waals surface area contributed by atoms with Crippen LogP contribution in [0.3, 0.4) is 0 Å². The van der Waals surface area contributed by atoms with E-state index in [0.717, 1.165) is 18.5 Å². The van der Waals surface area contributed by atoms with Gasteiger partial charge in [-0.15, -0.1) is 0 Å². The van der Waals surface area contributed by atoms with Crippen LogP contribution in [0.25, 0.3) is 0 Å². The molecule has 23 heavy (non-hydrogen) atoms. The number of nitrogens with one attached hydrogen (secondary N) is 1. The molecule has 1 aromatic carbocycles. The van der Waals surface area contributed by atoms with Crippen LogP contribution in [0.4, 0.5) is 11.4 Å². The zero-order chi connectivity index (χ0) is 16.4. The second-order valence-corrected chi connectivity index (χ2v) is 8.34. The molecule has 2 aliphatic rings. The molecule has 0 bridgehead atoms. The van der Waals surface area contributed by atoms with Crippen molar-refractivity contribution in [1.82, 2.24) is 0 Å². The highest BCUT2D eigenvalue weighted by molar-refractivity contribution is 7.93. The first kappa shape index (κ1) is 16.1. The number of hydrogen-bond donors (Lipinski definition) is 2. The number of sulfonamides is 1. The molecule has 0 unspecified atom stereocenters. The van der Waals surface area contributed by atoms with Crippen molar-refractivity contribution >= 4 is 27.4 Å². The van der Waals surface area contributed by atoms with Gasteiger partial charge >= 0.3 is 5.97 Å². The summed E-state index contributed by atoms with van der Waals surface area (Å²) >= 11 is 0. The first-order valence-electron chi connectivity index (χ1n) is 8.05. The molecule has 2 fully saturated rings. The van der Waals surface area contributed by atoms with Crippen LogP contribution in [-0.2, 0) is 14.8 Å². The number of aliphatic carboxylic acids is 1. The Morgan fingerprint density at radius 2 is 1.96 bits per heavy atom. The second kappa shape index (κ2) is 6.39. The van der Waals surface area contributed by atoms with Crippen molar-refractivity contribution in [3.05, 3.63) is 24.3 Å². The zero-order valence-electron chi connectivity index (χ0n) is 12.9. The van der Waals surface area contributed by atoms with E-state index >= 15 is 0 Å². The predicted octanol–water partition coefficient (Wildman–Crippen LogP) is 2.28. The van der Waals surface area contributed by atoms with E-state index in [-0.39, 0.29) is 17.7 Å². The topological polar surface area (TPSA) is 86.7 Å². The largest absolute Gasteiger partial charge is 0.481 e. The van der Waals surface area contributed by atoms with Crippen molar-refractivity contribution < 1.29 is 18.3 Å². The molecule has 1 saturated heterocycles. The molecule has 6 nitrogen and oxygen atoms in total. The minimum Gasteiger partial charge on any atom is -0.481 e. The van der Waals surface area contributed by atoms with Crippen LogP contribution in [0.1, 0.15) is 32.1 Å². The minimum atomic E-state index is -3.17. The monoisotopic (exact) mass is 338 g/mol. The van der Waals surface area contributed by atoms with Crippen molar-refractivity contribution in [2.75, 3.05) is 21.9 Å². The van der Waals surface area contributed by atoms with E-state index < -0.39 is 16.0 Å². The Kier molecular flexibility index (Phi) is 4.48. The highest BCUT2D eigenvalue weighted by Crippen LogP contribution is 2.30. The van der Waals surface area contributed by atoms with Gasteiger partial charge < -0.3 is 10.4 Å². The second-order valence-electron chi connectivity index (χ2n) is 6.32. The molecule has 0 spiro atoms. The number of rotatable bonds is 4. The van der Waals surface area contributed by atoms with Crippen LogP contribution in [-0.4, -0.2) is 37.8 Å². The molecular weight excluding hydrogens is 316 g/mol. The average Bonchev–Trinajstić information content (AvgIpc) is 2.87. The molecule has 0 aromatic heterocycles. The van der Waals surface area contributed by atoms with Crippen LogP contribution in [0.2, 0.25) is 0 Å². The van der Waals surface area contributed by atoms with Crippen molar-refractivity contribution in [2.24, 2.45) is 5.92 Å². The summed E-state index contributed by atoms with van der Waals surface area (Å²) in [6.07, 6.45) is 3.69. The molecule has 1 saturated carbocycles. The molecule has 7 heteroatoms. The maximum atomic E-state index is 12.0. The number of nitrogens with zero attached hydrogens (tertiary/aromatic N) is 1. The van der Waals surface area contributed by atoms with Crippen LogP contribution in [0.15, 0.2) is 24.3 Å². The number of hydrogen-bond acceptors (Lipinski definition) is 4. The molecule has 126 valence electrons. The molecule has 1 aromatic rings. The normalized spacial score (nSPS) is 26.9. The third-order valence-electron chi connectivity index (χ3n) is 4.68. The fourth-order valence-electron chi connectivity index (χ4n) is 3.40. The first-order chi connectivity index (χ1) is 11.0. The standard InChI is InChI=1S/C16H22N2O4S/c19-16(20)12-5-7-13(8-6-12)17-14-3-1-4-15(11-14)18-9-2-10-23(18,21)22/h1,3-4,11-13,17H,2,5-10H2,(H,19,20). The van der Waals surface area contributed by atoms with Gasteiger partial charge in [-0.1, -0.05) is 6.07 Å². The molecule has 0 radical (unpaired) electrons. The van der Waals surface area contributed by atoms with E-state index in [2.05, 4.69) is 5.32 Å². The van der Waals surface area contributed by atoms with Crippen molar-refractivity contribution in [3.63, 3.8) is 0 Å². The van der Waals surface area contributed by atoms with Gasteiger partial charge in [-0.25, -0.2) is 8.42 Å². The van der Waals surface area contributed by atoms with E-state index in [1.807, 2.05) is 24.3 Å². The Labute approximate surface area is 136 Å². The Morgan fingerprint density at radius 3 is 2.57 bits per heavy atom. The number of carbonyl (C=O) groups is 1. The van der Waals surface area contributed by atoms with Crippen molar-refractivity contribution in [3.8, 4) is 0 Å². The summed E-state index contributed by atoms with van der Waals surface area (Å²) in [5.41, 5.74) is 1.59. The summed E-state index contributed by atoms with van der Waals surface area (Å²) in [6, 6.07) is 7.71. The Hall–Kier alpha value is -1.76. The van der Waals surface area contributed by atoms with Crippen LogP contribution >= 0.6 is 0 Å². The third-order valence-corrected chi connectivity index (χ3v) is 6.55. The third kappa shape index (κ3) is 3.60. The summed E-state index contributed by atoms with van der Waals surface area (Å²) in [7, 11) is -3.17. The SMILES string of the molecule is O=C(O)C1CCC(Nc2cccc(N3CCCS3(=O)=O)c2)CC1. The maximum Gasteiger partial charge on any atom is 0.306 e. The van der Waals surface area contributed by atoms with Gasteiger partial charge in [0.25, 0.3) is 0 Å². The number of carboxylic acid groups (broad SMARTS) is 1. The van der Waals surface area contributed by atoms with Gasteiger partial charge in [0.15, 0.2) is 0 Å².